The SMILES string of the molecule is CC1(C)C[C@H]2C[C@@]3(C)[C@@H](O)CC[C@@]3(C)C2[C@H]1O. The van der Waals surface area contributed by atoms with Crippen molar-refractivity contribution in [2.24, 2.45) is 28.1 Å². The van der Waals surface area contributed by atoms with Gasteiger partial charge in [-0.15, -0.1) is 0 Å². The van der Waals surface area contributed by atoms with Crippen molar-refractivity contribution in [3.05, 3.63) is 0 Å². The van der Waals surface area contributed by atoms with Crippen molar-refractivity contribution in [2.75, 3.05) is 0 Å². The Kier molecular flexibility index (Phi) is 2.17. The fourth-order valence-electron chi connectivity index (χ4n) is 5.62. The second kappa shape index (κ2) is 3.08. The van der Waals surface area contributed by atoms with Crippen LogP contribution >= 0.6 is 0 Å². The third-order valence-electron chi connectivity index (χ3n) is 6.84. The van der Waals surface area contributed by atoms with Gasteiger partial charge in [0.25, 0.3) is 0 Å². The van der Waals surface area contributed by atoms with E-state index >= 15 is 0 Å². The predicted molar refractivity (Wildman–Crippen MR) is 67.5 cm³/mol. The summed E-state index contributed by atoms with van der Waals surface area (Å²) in [4.78, 5) is 0. The minimum atomic E-state index is -0.190. The number of rotatable bonds is 0. The molecule has 2 nitrogen and oxygen atoms in total. The van der Waals surface area contributed by atoms with Crippen molar-refractivity contribution in [2.45, 2.75) is 65.6 Å². The lowest BCUT2D eigenvalue weighted by atomic mass is 9.63. The molecule has 0 saturated heterocycles. The Bertz CT molecular complexity index is 351. The summed E-state index contributed by atoms with van der Waals surface area (Å²) in [7, 11) is 0. The highest BCUT2D eigenvalue weighted by Gasteiger charge is 2.69. The monoisotopic (exact) mass is 238 g/mol. The maximum Gasteiger partial charge on any atom is 0.0627 e. The number of aliphatic hydroxyl groups excluding tert-OH is 2. The van der Waals surface area contributed by atoms with E-state index in [1.807, 2.05) is 0 Å². The predicted octanol–water partition coefficient (Wildman–Crippen LogP) is 2.58. The van der Waals surface area contributed by atoms with Crippen LogP contribution < -0.4 is 0 Å². The second-order valence-corrected chi connectivity index (χ2v) is 8.02. The Hall–Kier alpha value is -0.0800. The van der Waals surface area contributed by atoms with Crippen LogP contribution in [0.3, 0.4) is 0 Å². The van der Waals surface area contributed by atoms with E-state index in [1.54, 1.807) is 0 Å². The van der Waals surface area contributed by atoms with Crippen molar-refractivity contribution in [1.82, 2.24) is 0 Å². The highest BCUT2D eigenvalue weighted by atomic mass is 16.3. The third kappa shape index (κ3) is 1.19. The first kappa shape index (κ1) is 12.0. The molecule has 3 aliphatic rings. The molecule has 3 saturated carbocycles. The van der Waals surface area contributed by atoms with E-state index < -0.39 is 0 Å². The molecule has 0 radical (unpaired) electrons. The van der Waals surface area contributed by atoms with Gasteiger partial charge in [-0.1, -0.05) is 27.7 Å². The number of hydrogen-bond donors (Lipinski definition) is 2. The van der Waals surface area contributed by atoms with Gasteiger partial charge < -0.3 is 10.2 Å². The first-order chi connectivity index (χ1) is 7.72. The van der Waals surface area contributed by atoms with Crippen LogP contribution in [0.15, 0.2) is 0 Å². The molecular weight excluding hydrogens is 212 g/mol. The van der Waals surface area contributed by atoms with E-state index in [1.165, 1.54) is 0 Å². The Balaban J connectivity index is 2.02. The smallest absolute Gasteiger partial charge is 0.0627 e. The molecule has 0 aromatic rings. The summed E-state index contributed by atoms with van der Waals surface area (Å²) in [6.07, 6.45) is 3.88. The van der Waals surface area contributed by atoms with Crippen molar-refractivity contribution < 1.29 is 10.2 Å². The van der Waals surface area contributed by atoms with Crippen molar-refractivity contribution in [3.63, 3.8) is 0 Å². The van der Waals surface area contributed by atoms with Crippen molar-refractivity contribution in [3.8, 4) is 0 Å². The van der Waals surface area contributed by atoms with Crippen LogP contribution in [0.25, 0.3) is 0 Å². The summed E-state index contributed by atoms with van der Waals surface area (Å²) in [5.74, 6) is 1.02. The fraction of sp³-hybridized carbons (Fsp3) is 1.00. The van der Waals surface area contributed by atoms with Crippen LogP contribution in [0, 0.1) is 28.1 Å². The Labute approximate surface area is 104 Å². The first-order valence-electron chi connectivity index (χ1n) is 7.08. The van der Waals surface area contributed by atoms with E-state index in [0.29, 0.717) is 11.8 Å². The number of aliphatic hydroxyl groups is 2. The lowest BCUT2D eigenvalue weighted by molar-refractivity contribution is -0.0490. The van der Waals surface area contributed by atoms with E-state index in [-0.39, 0.29) is 28.5 Å². The molecule has 6 atom stereocenters. The molecule has 0 heterocycles. The van der Waals surface area contributed by atoms with Crippen LogP contribution in [-0.2, 0) is 0 Å². The molecule has 3 aliphatic carbocycles. The summed E-state index contributed by atoms with van der Waals surface area (Å²) in [5.41, 5.74) is 0.247. The van der Waals surface area contributed by atoms with Crippen LogP contribution in [0.4, 0.5) is 0 Å². The topological polar surface area (TPSA) is 40.5 Å². The van der Waals surface area contributed by atoms with Crippen LogP contribution in [0.2, 0.25) is 0 Å². The lowest BCUT2D eigenvalue weighted by Gasteiger charge is -2.43. The number of fused-ring (bicyclic) bond motifs is 3. The average molecular weight is 238 g/mol. The van der Waals surface area contributed by atoms with Gasteiger partial charge in [-0.2, -0.15) is 0 Å². The van der Waals surface area contributed by atoms with Crippen molar-refractivity contribution >= 4 is 0 Å². The summed E-state index contributed by atoms with van der Waals surface area (Å²) >= 11 is 0. The molecule has 1 unspecified atom stereocenters. The average Bonchev–Trinajstić information content (AvgIpc) is 2.65. The van der Waals surface area contributed by atoms with Gasteiger partial charge in [-0.3, -0.25) is 0 Å². The van der Waals surface area contributed by atoms with Gasteiger partial charge in [0.1, 0.15) is 0 Å². The molecule has 0 bridgehead atoms. The van der Waals surface area contributed by atoms with Crippen LogP contribution in [0.5, 0.6) is 0 Å². The summed E-state index contributed by atoms with van der Waals surface area (Å²) in [6.45, 7) is 8.96. The normalized spacial score (nSPS) is 60.4. The van der Waals surface area contributed by atoms with E-state index in [0.717, 1.165) is 25.7 Å². The number of hydrogen-bond acceptors (Lipinski definition) is 2. The summed E-state index contributed by atoms with van der Waals surface area (Å²) in [5, 5.41) is 21.0. The van der Waals surface area contributed by atoms with Crippen molar-refractivity contribution in [1.29, 1.82) is 0 Å². The molecule has 0 aromatic heterocycles. The molecule has 0 spiro atoms. The lowest BCUT2D eigenvalue weighted by Crippen LogP contribution is -2.43. The first-order valence-corrected chi connectivity index (χ1v) is 7.08. The van der Waals surface area contributed by atoms with Crippen LogP contribution in [-0.4, -0.2) is 22.4 Å². The van der Waals surface area contributed by atoms with E-state index in [9.17, 15) is 10.2 Å². The zero-order valence-electron chi connectivity index (χ0n) is 11.5. The highest BCUT2D eigenvalue weighted by Crippen LogP contribution is 2.72. The minimum Gasteiger partial charge on any atom is -0.393 e. The molecule has 2 heteroatoms. The Morgan fingerprint density at radius 2 is 1.59 bits per heavy atom. The largest absolute Gasteiger partial charge is 0.393 e. The molecule has 0 amide bonds. The van der Waals surface area contributed by atoms with E-state index in [2.05, 4.69) is 27.7 Å². The van der Waals surface area contributed by atoms with Gasteiger partial charge in [-0.05, 0) is 53.8 Å². The quantitative estimate of drug-likeness (QED) is 0.681. The minimum absolute atomic E-state index is 0.0415. The highest BCUT2D eigenvalue weighted by molar-refractivity contribution is 5.18. The zero-order chi connectivity index (χ0) is 12.6. The molecule has 3 fully saturated rings. The zero-order valence-corrected chi connectivity index (χ0v) is 11.5. The van der Waals surface area contributed by atoms with Gasteiger partial charge in [0.2, 0.25) is 0 Å². The maximum atomic E-state index is 10.7. The molecule has 0 aliphatic heterocycles. The second-order valence-electron chi connectivity index (χ2n) is 8.02. The summed E-state index contributed by atoms with van der Waals surface area (Å²) in [6, 6.07) is 0. The molecule has 17 heavy (non-hydrogen) atoms. The van der Waals surface area contributed by atoms with Gasteiger partial charge in [-0.25, -0.2) is 0 Å². The molecule has 0 aromatic carbocycles. The van der Waals surface area contributed by atoms with Gasteiger partial charge >= 0.3 is 0 Å². The Morgan fingerprint density at radius 1 is 0.941 bits per heavy atom. The van der Waals surface area contributed by atoms with Gasteiger partial charge in [0, 0.05) is 0 Å². The standard InChI is InChI=1S/C15H26O2/c1-13(2)7-9-8-15(4)10(16)5-6-14(15,3)11(9)12(13)17/h9-12,16-17H,5-8H2,1-4H3/t9-,10-,11?,12+,14-,15-/m0/s1. The maximum absolute atomic E-state index is 10.7. The summed E-state index contributed by atoms with van der Waals surface area (Å²) < 4.78 is 0. The van der Waals surface area contributed by atoms with Gasteiger partial charge in [0.15, 0.2) is 0 Å². The molecular formula is C15H26O2. The molecule has 3 rings (SSSR count). The third-order valence-corrected chi connectivity index (χ3v) is 6.84. The molecule has 98 valence electrons. The Morgan fingerprint density at radius 3 is 2.24 bits per heavy atom. The van der Waals surface area contributed by atoms with Crippen LogP contribution in [0.1, 0.15) is 53.4 Å². The van der Waals surface area contributed by atoms with E-state index in [4.69, 9.17) is 0 Å². The van der Waals surface area contributed by atoms with Gasteiger partial charge in [0.05, 0.1) is 12.2 Å². The fourth-order valence-corrected chi connectivity index (χ4v) is 5.62. The molecule has 2 N–H and O–H groups in total.